The zero-order chi connectivity index (χ0) is 97.6. The number of furan rings is 2. The van der Waals surface area contributed by atoms with E-state index in [2.05, 4.69) is 383 Å². The minimum atomic E-state index is 0.208. The van der Waals surface area contributed by atoms with Crippen LogP contribution >= 0.6 is 11.3 Å². The molecule has 8 aromatic heterocycles. The molecule has 0 saturated heterocycles. The molecule has 0 amide bonds. The lowest BCUT2D eigenvalue weighted by Gasteiger charge is -2.19. The third kappa shape index (κ3) is 37.2. The minimum absolute atomic E-state index is 0.208. The third-order valence-electron chi connectivity index (χ3n) is 24.0. The van der Waals surface area contributed by atoms with Crippen LogP contribution < -0.4 is 4.74 Å². The number of fused-ring (bicyclic) bond motifs is 8. The van der Waals surface area contributed by atoms with E-state index < -0.39 is 0 Å². The lowest BCUT2D eigenvalue weighted by Crippen LogP contribution is -2.10. The molecule has 0 aliphatic rings. The van der Waals surface area contributed by atoms with Gasteiger partial charge in [-0.15, -0.1) is 11.3 Å². The molecule has 10 heteroatoms. The molecule has 9 nitrogen and oxygen atoms in total. The largest absolute Gasteiger partial charge is 0.487 e. The van der Waals surface area contributed by atoms with Gasteiger partial charge in [0.05, 0.1) is 29.9 Å². The number of rotatable bonds is 24. The second-order valence-corrected chi connectivity index (χ2v) is 36.7. The summed E-state index contributed by atoms with van der Waals surface area (Å²) in [5.41, 5.74) is 15.5. The second kappa shape index (κ2) is 60.4. The zero-order valence-electron chi connectivity index (χ0n) is 84.9. The molecular weight excluding hydrogens is 1690 g/mol. The molecule has 137 heavy (non-hydrogen) atoms. The predicted molar refractivity (Wildman–Crippen MR) is 592 cm³/mol. The first-order chi connectivity index (χ1) is 66.9. The van der Waals surface area contributed by atoms with Gasteiger partial charge in [-0.3, -0.25) is 19.9 Å². The van der Waals surface area contributed by atoms with Crippen molar-refractivity contribution >= 4 is 97.9 Å². The van der Waals surface area contributed by atoms with Gasteiger partial charge in [0, 0.05) is 82.3 Å². The number of unbranched alkanes of at least 4 members (excludes halogenated alkanes) is 8. The molecule has 0 bridgehead atoms. The molecular formula is C127H150N6O3S. The van der Waals surface area contributed by atoms with Gasteiger partial charge >= 0.3 is 0 Å². The Morgan fingerprint density at radius 2 is 0.832 bits per heavy atom. The first-order valence-electron chi connectivity index (χ1n) is 50.4. The van der Waals surface area contributed by atoms with Crippen LogP contribution in [0.5, 0.6) is 5.06 Å². The standard InChI is InChI=1S/C21H30.C18H18.C16H14.2C12H13N.C11H11N.C10H15N.C7H7NO.C7H11N.C7H10OS.C6H8O/c1-2-3-4-5-6-7-8-9-10-13-19-16-17-20-14-11-12-15-21(20)18-19;1-18(2,3)17-9-8-15-10-13-6-4-5-7-14(13)11-16(15)12-17;1-2-12-7-8-15-10-13-5-3-4-6-14(13)11-16(15)9-12;1-2-5-11-9-8-10-6-3-4-7-12(10)13-11;1-2-4-10-6-7-12-11(9-10)5-3-8-13-12;1-2-10-8-7-9-5-3-4-6-11(9)12-10;1-3-5-10-7-6-9(4-2)8-11-10;1-2-6-3-4-7(5-8)9-6;1-3-7-5-4-6-8(7)2;1-3-6-4-5-7(8-2)9-6;1-2-6-4-3-5-7-6/h11-12,14-18H,2-10,13H2,1H3;4-12H,1-3H3;3-11H,2H2,1H3;3-4,6-9H,2,5H2,1H3;3,5-9H,2,4H2,1H3;3-8H,2H2,1H3;6-8H,3-5H2,1-2H3;3-4H,2H2,1H3;4-6H,3H2,1-2H3;4-5H,3H2,1-2H3;3-5H,2H2,1H3. The van der Waals surface area contributed by atoms with Crippen LogP contribution in [-0.2, 0) is 83.1 Å². The van der Waals surface area contributed by atoms with Gasteiger partial charge in [-0.25, -0.2) is 0 Å². The van der Waals surface area contributed by atoms with E-state index in [4.69, 9.17) is 18.8 Å². The number of hydrogen-bond acceptors (Lipinski definition) is 9. The van der Waals surface area contributed by atoms with Gasteiger partial charge < -0.3 is 18.1 Å². The number of aryl methyl sites for hydroxylation is 12. The number of pyridine rings is 4. The number of hydrogen-bond donors (Lipinski definition) is 0. The number of para-hydroxylation sites is 2. The lowest BCUT2D eigenvalue weighted by molar-refractivity contribution is 0.427. The Hall–Kier alpha value is -13.1. The summed E-state index contributed by atoms with van der Waals surface area (Å²) in [5, 5.41) is 26.3. The minimum Gasteiger partial charge on any atom is -0.487 e. The zero-order valence-corrected chi connectivity index (χ0v) is 85.7. The van der Waals surface area contributed by atoms with Gasteiger partial charge in [0.1, 0.15) is 17.6 Å². The Morgan fingerprint density at radius 3 is 1.33 bits per heavy atom. The van der Waals surface area contributed by atoms with E-state index in [9.17, 15) is 0 Å². The van der Waals surface area contributed by atoms with Crippen LogP contribution in [-0.4, -0.2) is 31.6 Å². The van der Waals surface area contributed by atoms with Crippen molar-refractivity contribution in [1.82, 2.24) is 24.5 Å². The predicted octanol–water partition coefficient (Wildman–Crippen LogP) is 36.0. The summed E-state index contributed by atoms with van der Waals surface area (Å²) in [6, 6.07) is 113. The summed E-state index contributed by atoms with van der Waals surface area (Å²) < 4.78 is 17.2. The molecule has 8 heterocycles. The van der Waals surface area contributed by atoms with Crippen molar-refractivity contribution in [1.29, 1.82) is 5.26 Å². The van der Waals surface area contributed by atoms with Crippen molar-refractivity contribution in [2.75, 3.05) is 7.11 Å². The van der Waals surface area contributed by atoms with Crippen LogP contribution in [0.15, 0.2) is 349 Å². The monoisotopic (exact) mass is 1840 g/mol. The SMILES string of the molecule is CC(C)(C)c1ccc2cc3ccccc3cc2c1.CCCCCCCCCCCc1ccc2ccccc2c1.CCCc1ccc(CC)cn1.CCCc1ccc2ccccc2n1.CCCc1ccc2ncccc2c1.CCc1ccc(C#N)o1.CCc1ccc(OC)s1.CCc1ccc2cc3ccccc3cc2c1.CCc1ccc2ccccc2n1.CCc1cccn1C.CCc1ccco1. The van der Waals surface area contributed by atoms with Crippen molar-refractivity contribution in [2.45, 2.75) is 250 Å². The molecule has 19 rings (SSSR count). The van der Waals surface area contributed by atoms with Crippen LogP contribution in [0.4, 0.5) is 0 Å². The summed E-state index contributed by atoms with van der Waals surface area (Å²) in [6.45, 7) is 30.4. The Labute approximate surface area is 824 Å². The molecule has 0 aliphatic carbocycles. The van der Waals surface area contributed by atoms with E-state index >= 15 is 0 Å². The van der Waals surface area contributed by atoms with Gasteiger partial charge in [0.25, 0.3) is 0 Å². The number of ether oxygens (including phenoxy) is 1. The van der Waals surface area contributed by atoms with Crippen molar-refractivity contribution in [3.05, 3.63) is 413 Å². The smallest absolute Gasteiger partial charge is 0.203 e. The van der Waals surface area contributed by atoms with Crippen LogP contribution in [0.1, 0.15) is 247 Å². The van der Waals surface area contributed by atoms with E-state index in [0.717, 1.165) is 109 Å². The fourth-order valence-corrected chi connectivity index (χ4v) is 16.5. The highest BCUT2D eigenvalue weighted by Crippen LogP contribution is 2.31. The second-order valence-electron chi connectivity index (χ2n) is 35.5. The Balaban J connectivity index is 0.000000171. The number of nitriles is 1. The first-order valence-corrected chi connectivity index (χ1v) is 51.2. The third-order valence-corrected chi connectivity index (χ3v) is 25.2. The van der Waals surface area contributed by atoms with Crippen LogP contribution in [0.2, 0.25) is 0 Å². The molecule has 0 N–H and O–H groups in total. The normalized spacial score (nSPS) is 10.6. The molecule has 0 fully saturated rings. The van der Waals surface area contributed by atoms with E-state index in [1.165, 1.54) is 197 Å². The average Bonchev–Trinajstić information content (AvgIpc) is 0.886. The molecule has 0 unspecified atom stereocenters. The quantitative estimate of drug-likeness (QED) is 0.0434. The molecule has 0 radical (unpaired) electrons. The highest BCUT2D eigenvalue weighted by atomic mass is 32.1. The summed E-state index contributed by atoms with van der Waals surface area (Å²) >= 11 is 1.71. The van der Waals surface area contributed by atoms with Gasteiger partial charge in [0.15, 0.2) is 5.06 Å². The number of aromatic nitrogens is 5. The fraction of sp³-hybridized carbons (Fsp3) is 0.315. The summed E-state index contributed by atoms with van der Waals surface area (Å²) in [7, 11) is 3.77. The van der Waals surface area contributed by atoms with Crippen molar-refractivity contribution in [2.24, 2.45) is 7.05 Å². The number of methoxy groups -OCH3 is 1. The first kappa shape index (κ1) is 108. The summed E-state index contributed by atoms with van der Waals surface area (Å²) in [6.07, 6.45) is 35.6. The number of thiophene rings is 1. The number of benzene rings is 11. The highest BCUT2D eigenvalue weighted by Gasteiger charge is 2.14. The van der Waals surface area contributed by atoms with Gasteiger partial charge in [-0.1, -0.05) is 362 Å². The van der Waals surface area contributed by atoms with E-state index in [-0.39, 0.29) is 5.41 Å². The van der Waals surface area contributed by atoms with E-state index in [1.807, 2.05) is 80.0 Å². The Kier molecular flexibility index (Phi) is 47.4. The van der Waals surface area contributed by atoms with Crippen LogP contribution in [0.3, 0.4) is 0 Å². The van der Waals surface area contributed by atoms with Crippen molar-refractivity contribution in [3.63, 3.8) is 0 Å². The fourth-order valence-electron chi connectivity index (χ4n) is 15.8. The molecule has 0 spiro atoms. The summed E-state index contributed by atoms with van der Waals surface area (Å²) in [4.78, 5) is 19.1. The van der Waals surface area contributed by atoms with Crippen molar-refractivity contribution < 1.29 is 13.6 Å². The molecule has 0 saturated carbocycles. The molecule has 0 atom stereocenters. The maximum Gasteiger partial charge on any atom is 0.203 e. The van der Waals surface area contributed by atoms with E-state index in [0.29, 0.717) is 5.76 Å². The van der Waals surface area contributed by atoms with E-state index in [1.54, 1.807) is 30.8 Å². The molecule has 0 aliphatic heterocycles. The van der Waals surface area contributed by atoms with Crippen molar-refractivity contribution in [3.8, 4) is 11.1 Å². The average molecular weight is 1840 g/mol. The van der Waals surface area contributed by atoms with Crippen LogP contribution in [0, 0.1) is 11.3 Å². The van der Waals surface area contributed by atoms with Crippen LogP contribution in [0.25, 0.3) is 86.6 Å². The Morgan fingerprint density at radius 1 is 0.343 bits per heavy atom. The maximum atomic E-state index is 8.30. The topological polar surface area (TPSA) is 116 Å². The number of nitrogens with zero attached hydrogens (tertiary/aromatic N) is 6. The van der Waals surface area contributed by atoms with Gasteiger partial charge in [0.2, 0.25) is 5.76 Å². The molecule has 712 valence electrons. The van der Waals surface area contributed by atoms with Gasteiger partial charge in [-0.05, 0) is 273 Å². The highest BCUT2D eigenvalue weighted by molar-refractivity contribution is 7.13. The van der Waals surface area contributed by atoms with Gasteiger partial charge in [-0.2, -0.15) is 5.26 Å². The molecule has 19 aromatic rings. The maximum absolute atomic E-state index is 8.30. The molecule has 11 aromatic carbocycles. The lowest BCUT2D eigenvalue weighted by atomic mass is 9.85. The summed E-state index contributed by atoms with van der Waals surface area (Å²) in [5.74, 6) is 2.32. The Bertz CT molecular complexity index is 6580.